The predicted octanol–water partition coefficient (Wildman–Crippen LogP) is 2.18. The van der Waals surface area contributed by atoms with E-state index < -0.39 is 0 Å². The van der Waals surface area contributed by atoms with Gasteiger partial charge in [-0.3, -0.25) is 14.5 Å². The topological polar surface area (TPSA) is 61.4 Å². The molecule has 1 aliphatic carbocycles. The highest BCUT2D eigenvalue weighted by atomic mass is 16.2. The predicted molar refractivity (Wildman–Crippen MR) is 102 cm³/mol. The van der Waals surface area contributed by atoms with Crippen molar-refractivity contribution >= 4 is 11.8 Å². The van der Waals surface area contributed by atoms with Crippen LogP contribution in [0.2, 0.25) is 0 Å². The van der Waals surface area contributed by atoms with Gasteiger partial charge in [0, 0.05) is 38.5 Å². The monoisotopic (exact) mass is 357 g/mol. The van der Waals surface area contributed by atoms with Gasteiger partial charge in [-0.25, -0.2) is 0 Å². The molecule has 26 heavy (non-hydrogen) atoms. The molecular formula is C21H31N3O2. The molecule has 2 aliphatic rings. The maximum atomic E-state index is 12.0. The van der Waals surface area contributed by atoms with Crippen molar-refractivity contribution in [1.82, 2.24) is 15.5 Å². The van der Waals surface area contributed by atoms with Crippen molar-refractivity contribution in [2.45, 2.75) is 39.2 Å². The van der Waals surface area contributed by atoms with Crippen LogP contribution in [-0.4, -0.2) is 42.9 Å². The van der Waals surface area contributed by atoms with Crippen molar-refractivity contribution in [2.75, 3.05) is 26.2 Å². The van der Waals surface area contributed by atoms with Crippen LogP contribution in [0.5, 0.6) is 0 Å². The fraction of sp³-hybridized carbons (Fsp3) is 0.619. The molecule has 3 rings (SSSR count). The quantitative estimate of drug-likeness (QED) is 0.750. The number of carbonyl (C=O) groups is 2. The first-order valence-corrected chi connectivity index (χ1v) is 9.92. The second kappa shape index (κ2) is 9.17. The maximum Gasteiger partial charge on any atom is 0.223 e. The van der Waals surface area contributed by atoms with Gasteiger partial charge >= 0.3 is 0 Å². The third-order valence-electron chi connectivity index (χ3n) is 5.54. The van der Waals surface area contributed by atoms with Gasteiger partial charge in [-0.05, 0) is 43.2 Å². The molecule has 5 heteroatoms. The lowest BCUT2D eigenvalue weighted by Crippen LogP contribution is -2.41. The first-order chi connectivity index (χ1) is 12.6. The summed E-state index contributed by atoms with van der Waals surface area (Å²) >= 11 is 0. The van der Waals surface area contributed by atoms with Crippen molar-refractivity contribution in [3.63, 3.8) is 0 Å². The molecule has 3 unspecified atom stereocenters. The fourth-order valence-corrected chi connectivity index (χ4v) is 3.77. The van der Waals surface area contributed by atoms with Gasteiger partial charge in [0.25, 0.3) is 0 Å². The number of nitrogens with one attached hydrogen (secondary N) is 2. The summed E-state index contributed by atoms with van der Waals surface area (Å²) in [6.45, 7) is 6.41. The van der Waals surface area contributed by atoms with Crippen LogP contribution in [-0.2, 0) is 16.1 Å². The standard InChI is InChI=1S/C21H31N3O2/c1-16-12-19(16)21(26)22-10-9-20(25)23-13-18-8-5-11-24(15-18)14-17-6-3-2-4-7-17/h2-4,6-7,16,18-19H,5,8-15H2,1H3,(H,22,26)(H,23,25). The Balaban J connectivity index is 1.31. The third kappa shape index (κ3) is 5.84. The second-order valence-corrected chi connectivity index (χ2v) is 7.89. The Morgan fingerprint density at radius 2 is 1.96 bits per heavy atom. The Hall–Kier alpha value is -1.88. The molecule has 1 aliphatic heterocycles. The molecule has 142 valence electrons. The van der Waals surface area contributed by atoms with Crippen LogP contribution in [0, 0.1) is 17.8 Å². The summed E-state index contributed by atoms with van der Waals surface area (Å²) in [5.41, 5.74) is 1.35. The lowest BCUT2D eigenvalue weighted by Gasteiger charge is -2.32. The van der Waals surface area contributed by atoms with Gasteiger partial charge in [0.2, 0.25) is 11.8 Å². The van der Waals surface area contributed by atoms with E-state index in [1.54, 1.807) is 0 Å². The van der Waals surface area contributed by atoms with Gasteiger partial charge in [0.05, 0.1) is 0 Å². The van der Waals surface area contributed by atoms with Crippen molar-refractivity contribution in [1.29, 1.82) is 0 Å². The number of piperidine rings is 1. The Labute approximate surface area is 156 Å². The number of amides is 2. The number of nitrogens with zero attached hydrogens (tertiary/aromatic N) is 1. The highest BCUT2D eigenvalue weighted by molar-refractivity contribution is 5.82. The molecule has 3 atom stereocenters. The van der Waals surface area contributed by atoms with Crippen LogP contribution in [0.4, 0.5) is 0 Å². The van der Waals surface area contributed by atoms with Crippen LogP contribution in [0.25, 0.3) is 0 Å². The molecule has 1 aromatic rings. The number of hydrogen-bond donors (Lipinski definition) is 2. The largest absolute Gasteiger partial charge is 0.356 e. The third-order valence-corrected chi connectivity index (χ3v) is 5.54. The summed E-state index contributed by atoms with van der Waals surface area (Å²) in [6, 6.07) is 10.6. The molecular weight excluding hydrogens is 326 g/mol. The minimum absolute atomic E-state index is 0.0364. The van der Waals surface area contributed by atoms with E-state index in [9.17, 15) is 9.59 Å². The van der Waals surface area contributed by atoms with Crippen molar-refractivity contribution in [2.24, 2.45) is 17.8 Å². The normalized spacial score (nSPS) is 25.5. The lowest BCUT2D eigenvalue weighted by molar-refractivity contribution is -0.123. The zero-order chi connectivity index (χ0) is 18.4. The molecule has 5 nitrogen and oxygen atoms in total. The van der Waals surface area contributed by atoms with Gasteiger partial charge in [0.15, 0.2) is 0 Å². The second-order valence-electron chi connectivity index (χ2n) is 7.89. The Kier molecular flexibility index (Phi) is 6.67. The molecule has 1 aromatic carbocycles. The molecule has 0 bridgehead atoms. The highest BCUT2D eigenvalue weighted by Crippen LogP contribution is 2.37. The number of hydrogen-bond acceptors (Lipinski definition) is 3. The Morgan fingerprint density at radius 1 is 1.19 bits per heavy atom. The summed E-state index contributed by atoms with van der Waals surface area (Å²) in [7, 11) is 0. The van der Waals surface area contributed by atoms with Gasteiger partial charge < -0.3 is 10.6 Å². The Morgan fingerprint density at radius 3 is 2.69 bits per heavy atom. The lowest BCUT2D eigenvalue weighted by atomic mass is 9.97. The van der Waals surface area contributed by atoms with Gasteiger partial charge in [0.1, 0.15) is 0 Å². The zero-order valence-corrected chi connectivity index (χ0v) is 15.7. The minimum atomic E-state index is 0.0364. The van der Waals surface area contributed by atoms with Crippen LogP contribution in [0.15, 0.2) is 30.3 Å². The van der Waals surface area contributed by atoms with E-state index in [2.05, 4.69) is 46.7 Å². The van der Waals surface area contributed by atoms with E-state index in [0.29, 0.717) is 24.8 Å². The average molecular weight is 357 g/mol. The van der Waals surface area contributed by atoms with Crippen molar-refractivity contribution in [3.8, 4) is 0 Å². The highest BCUT2D eigenvalue weighted by Gasteiger charge is 2.38. The van der Waals surface area contributed by atoms with Crippen LogP contribution in [0.1, 0.15) is 38.2 Å². The molecule has 2 amide bonds. The van der Waals surface area contributed by atoms with Gasteiger partial charge in [-0.15, -0.1) is 0 Å². The number of benzene rings is 1. The molecule has 0 aromatic heterocycles. The van der Waals surface area contributed by atoms with E-state index in [-0.39, 0.29) is 17.7 Å². The number of rotatable bonds is 8. The van der Waals surface area contributed by atoms with Crippen LogP contribution >= 0.6 is 0 Å². The summed E-state index contributed by atoms with van der Waals surface area (Å²) in [4.78, 5) is 26.2. The molecule has 1 saturated heterocycles. The van der Waals surface area contributed by atoms with E-state index in [4.69, 9.17) is 0 Å². The van der Waals surface area contributed by atoms with Gasteiger partial charge in [-0.2, -0.15) is 0 Å². The summed E-state index contributed by atoms with van der Waals surface area (Å²) in [6.07, 6.45) is 3.71. The number of likely N-dealkylation sites (tertiary alicyclic amines) is 1. The summed E-state index contributed by atoms with van der Waals surface area (Å²) in [5, 5.41) is 5.92. The Bertz CT molecular complexity index is 605. The summed E-state index contributed by atoms with van der Waals surface area (Å²) in [5.74, 6) is 1.34. The van der Waals surface area contributed by atoms with Crippen molar-refractivity contribution < 1.29 is 9.59 Å². The smallest absolute Gasteiger partial charge is 0.223 e. The maximum absolute atomic E-state index is 12.0. The molecule has 2 N–H and O–H groups in total. The van der Waals surface area contributed by atoms with E-state index in [1.165, 1.54) is 18.4 Å². The fourth-order valence-electron chi connectivity index (χ4n) is 3.77. The summed E-state index contributed by atoms with van der Waals surface area (Å²) < 4.78 is 0. The molecule has 2 fully saturated rings. The molecule has 0 radical (unpaired) electrons. The molecule has 1 saturated carbocycles. The van der Waals surface area contributed by atoms with E-state index in [0.717, 1.165) is 32.6 Å². The zero-order valence-electron chi connectivity index (χ0n) is 15.7. The SMILES string of the molecule is CC1CC1C(=O)NCCC(=O)NCC1CCCN(Cc2ccccc2)C1. The number of carbonyl (C=O) groups excluding carboxylic acids is 2. The van der Waals surface area contributed by atoms with Crippen LogP contribution < -0.4 is 10.6 Å². The van der Waals surface area contributed by atoms with Gasteiger partial charge in [-0.1, -0.05) is 37.3 Å². The van der Waals surface area contributed by atoms with Crippen molar-refractivity contribution in [3.05, 3.63) is 35.9 Å². The average Bonchev–Trinajstić information content (AvgIpc) is 3.38. The molecule has 0 spiro atoms. The van der Waals surface area contributed by atoms with Crippen LogP contribution in [0.3, 0.4) is 0 Å². The molecule has 1 heterocycles. The minimum Gasteiger partial charge on any atom is -0.356 e. The van der Waals surface area contributed by atoms with E-state index in [1.807, 2.05) is 6.07 Å². The first-order valence-electron chi connectivity index (χ1n) is 9.92. The van der Waals surface area contributed by atoms with E-state index >= 15 is 0 Å². The first kappa shape index (κ1) is 18.9.